The number of rotatable bonds is 6. The van der Waals surface area contributed by atoms with Gasteiger partial charge in [-0.1, -0.05) is 26.2 Å². The van der Waals surface area contributed by atoms with Crippen LogP contribution in [-0.2, 0) is 0 Å². The Hall–Kier alpha value is -0.0800. The summed E-state index contributed by atoms with van der Waals surface area (Å²) in [5.74, 6) is 0.854. The van der Waals surface area contributed by atoms with Gasteiger partial charge in [-0.3, -0.25) is 0 Å². The SMILES string of the molecule is CCCCC1CCCC1NCC(C)(C)O. The van der Waals surface area contributed by atoms with Crippen molar-refractivity contribution in [1.29, 1.82) is 0 Å². The van der Waals surface area contributed by atoms with Gasteiger partial charge in [-0.05, 0) is 39.0 Å². The van der Waals surface area contributed by atoms with Gasteiger partial charge in [0.05, 0.1) is 5.60 Å². The fourth-order valence-corrected chi connectivity index (χ4v) is 2.50. The van der Waals surface area contributed by atoms with Gasteiger partial charge in [-0.25, -0.2) is 0 Å². The second-order valence-electron chi connectivity index (χ2n) is 5.63. The molecule has 1 fully saturated rings. The minimum atomic E-state index is -0.572. The molecule has 15 heavy (non-hydrogen) atoms. The van der Waals surface area contributed by atoms with Crippen molar-refractivity contribution in [2.45, 2.75) is 70.9 Å². The van der Waals surface area contributed by atoms with E-state index in [0.29, 0.717) is 6.04 Å². The molecule has 2 N–H and O–H groups in total. The largest absolute Gasteiger partial charge is 0.389 e. The van der Waals surface area contributed by atoms with Gasteiger partial charge in [-0.2, -0.15) is 0 Å². The molecular weight excluding hydrogens is 186 g/mol. The lowest BCUT2D eigenvalue weighted by molar-refractivity contribution is 0.0743. The molecule has 2 atom stereocenters. The number of hydrogen-bond acceptors (Lipinski definition) is 2. The van der Waals surface area contributed by atoms with E-state index in [1.54, 1.807) is 0 Å². The van der Waals surface area contributed by atoms with Crippen molar-refractivity contribution < 1.29 is 5.11 Å². The summed E-state index contributed by atoms with van der Waals surface area (Å²) in [6, 6.07) is 0.656. The van der Waals surface area contributed by atoms with Crippen LogP contribution < -0.4 is 5.32 Å². The van der Waals surface area contributed by atoms with Gasteiger partial charge in [0.25, 0.3) is 0 Å². The van der Waals surface area contributed by atoms with Crippen molar-refractivity contribution in [3.63, 3.8) is 0 Å². The number of unbranched alkanes of at least 4 members (excludes halogenated alkanes) is 1. The Bertz CT molecular complexity index is 174. The summed E-state index contributed by atoms with van der Waals surface area (Å²) in [7, 11) is 0. The summed E-state index contributed by atoms with van der Waals surface area (Å²) >= 11 is 0. The first-order valence-corrected chi connectivity index (χ1v) is 6.48. The number of aliphatic hydroxyl groups is 1. The van der Waals surface area contributed by atoms with E-state index in [1.165, 1.54) is 38.5 Å². The summed E-state index contributed by atoms with van der Waals surface area (Å²) < 4.78 is 0. The highest BCUT2D eigenvalue weighted by atomic mass is 16.3. The van der Waals surface area contributed by atoms with Gasteiger partial charge in [-0.15, -0.1) is 0 Å². The van der Waals surface area contributed by atoms with Gasteiger partial charge in [0, 0.05) is 12.6 Å². The fourth-order valence-electron chi connectivity index (χ4n) is 2.50. The molecule has 0 aromatic heterocycles. The normalized spacial score (nSPS) is 27.2. The van der Waals surface area contributed by atoms with E-state index in [-0.39, 0.29) is 0 Å². The monoisotopic (exact) mass is 213 g/mol. The first-order chi connectivity index (χ1) is 7.03. The molecule has 0 saturated heterocycles. The van der Waals surface area contributed by atoms with Crippen LogP contribution >= 0.6 is 0 Å². The number of hydrogen-bond donors (Lipinski definition) is 2. The van der Waals surface area contributed by atoms with E-state index in [2.05, 4.69) is 12.2 Å². The predicted molar refractivity (Wildman–Crippen MR) is 65.0 cm³/mol. The lowest BCUT2D eigenvalue weighted by Crippen LogP contribution is -2.42. The van der Waals surface area contributed by atoms with Crippen molar-refractivity contribution in [3.8, 4) is 0 Å². The smallest absolute Gasteiger partial charge is 0.0715 e. The van der Waals surface area contributed by atoms with Crippen molar-refractivity contribution in [1.82, 2.24) is 5.32 Å². The lowest BCUT2D eigenvalue weighted by atomic mass is 9.96. The molecule has 1 aliphatic rings. The third kappa shape index (κ3) is 4.98. The maximum Gasteiger partial charge on any atom is 0.0715 e. The van der Waals surface area contributed by atoms with E-state index in [1.807, 2.05) is 13.8 Å². The van der Waals surface area contributed by atoms with Crippen molar-refractivity contribution in [3.05, 3.63) is 0 Å². The second-order valence-corrected chi connectivity index (χ2v) is 5.63. The molecule has 0 spiro atoms. The average Bonchev–Trinajstić information content (AvgIpc) is 2.57. The van der Waals surface area contributed by atoms with Gasteiger partial charge in [0.15, 0.2) is 0 Å². The highest BCUT2D eigenvalue weighted by Crippen LogP contribution is 2.29. The first-order valence-electron chi connectivity index (χ1n) is 6.48. The maximum atomic E-state index is 9.68. The molecule has 0 bridgehead atoms. The molecule has 0 heterocycles. The van der Waals surface area contributed by atoms with Crippen LogP contribution in [0.4, 0.5) is 0 Å². The highest BCUT2D eigenvalue weighted by Gasteiger charge is 2.27. The quantitative estimate of drug-likeness (QED) is 0.711. The van der Waals surface area contributed by atoms with Crippen molar-refractivity contribution >= 4 is 0 Å². The van der Waals surface area contributed by atoms with Crippen LogP contribution in [-0.4, -0.2) is 23.3 Å². The van der Waals surface area contributed by atoms with Gasteiger partial charge in [0.1, 0.15) is 0 Å². The minimum absolute atomic E-state index is 0.572. The molecule has 2 nitrogen and oxygen atoms in total. The molecular formula is C13H27NO. The van der Waals surface area contributed by atoms with Crippen molar-refractivity contribution in [2.75, 3.05) is 6.54 Å². The molecule has 0 aliphatic heterocycles. The molecule has 2 heteroatoms. The Morgan fingerprint density at radius 3 is 2.67 bits per heavy atom. The van der Waals surface area contributed by atoms with Crippen LogP contribution in [0.2, 0.25) is 0 Å². The molecule has 1 saturated carbocycles. The Morgan fingerprint density at radius 1 is 1.33 bits per heavy atom. The van der Waals surface area contributed by atoms with Crippen LogP contribution in [0.5, 0.6) is 0 Å². The molecule has 1 rings (SSSR count). The van der Waals surface area contributed by atoms with Crippen LogP contribution in [0.1, 0.15) is 59.3 Å². The predicted octanol–water partition coefficient (Wildman–Crippen LogP) is 2.71. The van der Waals surface area contributed by atoms with Gasteiger partial charge < -0.3 is 10.4 Å². The molecule has 0 aromatic rings. The minimum Gasteiger partial charge on any atom is -0.389 e. The highest BCUT2D eigenvalue weighted by molar-refractivity contribution is 4.85. The molecule has 0 aromatic carbocycles. The first kappa shape index (κ1) is 13.0. The Morgan fingerprint density at radius 2 is 2.07 bits per heavy atom. The zero-order valence-corrected chi connectivity index (χ0v) is 10.6. The molecule has 1 aliphatic carbocycles. The van der Waals surface area contributed by atoms with Crippen LogP contribution in [0.15, 0.2) is 0 Å². The Kier molecular flexibility index (Phi) is 5.07. The lowest BCUT2D eigenvalue weighted by Gasteiger charge is -2.25. The Labute approximate surface area is 94.5 Å². The zero-order chi connectivity index (χ0) is 11.3. The van der Waals surface area contributed by atoms with Crippen molar-refractivity contribution in [2.24, 2.45) is 5.92 Å². The van der Waals surface area contributed by atoms with E-state index in [4.69, 9.17) is 0 Å². The summed E-state index contributed by atoms with van der Waals surface area (Å²) in [6.45, 7) is 6.72. The standard InChI is InChI=1S/C13H27NO/c1-4-5-7-11-8-6-9-12(11)14-10-13(2,3)15/h11-12,14-15H,4-10H2,1-3H3. The second kappa shape index (κ2) is 5.86. The third-order valence-electron chi connectivity index (χ3n) is 3.38. The Balaban J connectivity index is 2.27. The van der Waals surface area contributed by atoms with Gasteiger partial charge in [0.2, 0.25) is 0 Å². The summed E-state index contributed by atoms with van der Waals surface area (Å²) in [4.78, 5) is 0. The van der Waals surface area contributed by atoms with Crippen LogP contribution in [0.25, 0.3) is 0 Å². The van der Waals surface area contributed by atoms with Crippen LogP contribution in [0, 0.1) is 5.92 Å². The van der Waals surface area contributed by atoms with Crippen LogP contribution in [0.3, 0.4) is 0 Å². The summed E-state index contributed by atoms with van der Waals surface area (Å²) in [5, 5.41) is 13.2. The topological polar surface area (TPSA) is 32.3 Å². The van der Waals surface area contributed by atoms with Gasteiger partial charge >= 0.3 is 0 Å². The third-order valence-corrected chi connectivity index (χ3v) is 3.38. The molecule has 0 radical (unpaired) electrons. The summed E-state index contributed by atoms with van der Waals surface area (Å²) in [6.07, 6.45) is 8.05. The maximum absolute atomic E-state index is 9.68. The summed E-state index contributed by atoms with van der Waals surface area (Å²) in [5.41, 5.74) is -0.572. The average molecular weight is 213 g/mol. The molecule has 0 amide bonds. The number of nitrogens with one attached hydrogen (secondary N) is 1. The zero-order valence-electron chi connectivity index (χ0n) is 10.6. The van der Waals surface area contributed by atoms with E-state index in [0.717, 1.165) is 12.5 Å². The molecule has 90 valence electrons. The molecule has 2 unspecified atom stereocenters. The van der Waals surface area contributed by atoms with E-state index < -0.39 is 5.60 Å². The fraction of sp³-hybridized carbons (Fsp3) is 1.00. The van der Waals surface area contributed by atoms with E-state index in [9.17, 15) is 5.11 Å². The van der Waals surface area contributed by atoms with E-state index >= 15 is 0 Å².